The molecule has 26 heavy (non-hydrogen) atoms. The Labute approximate surface area is 157 Å². The smallest absolute Gasteiger partial charge is 0.239 e. The number of amides is 2. The molecular weight excluding hydrogens is 352 g/mol. The molecule has 2 saturated heterocycles. The lowest BCUT2D eigenvalue weighted by molar-refractivity contribution is -0.126. The van der Waals surface area contributed by atoms with E-state index >= 15 is 0 Å². The Morgan fingerprint density at radius 2 is 2.42 bits per heavy atom. The van der Waals surface area contributed by atoms with Crippen LogP contribution >= 0.6 is 11.5 Å². The summed E-state index contributed by atoms with van der Waals surface area (Å²) < 4.78 is 3.90. The Kier molecular flexibility index (Phi) is 6.19. The van der Waals surface area contributed by atoms with Crippen LogP contribution in [0.4, 0.5) is 0 Å². The van der Waals surface area contributed by atoms with Crippen LogP contribution in [-0.2, 0) is 16.1 Å². The van der Waals surface area contributed by atoms with Crippen LogP contribution in [0.15, 0.2) is 5.38 Å². The van der Waals surface area contributed by atoms with E-state index in [2.05, 4.69) is 43.0 Å². The Morgan fingerprint density at radius 3 is 3.15 bits per heavy atom. The van der Waals surface area contributed by atoms with Gasteiger partial charge in [-0.3, -0.25) is 19.4 Å². The number of nitrogens with one attached hydrogen (secondary N) is 2. The highest BCUT2D eigenvalue weighted by Gasteiger charge is 2.45. The fourth-order valence-corrected chi connectivity index (χ4v) is 4.27. The van der Waals surface area contributed by atoms with Crippen LogP contribution in [-0.4, -0.2) is 76.0 Å². The molecule has 3 rings (SSSR count). The normalized spacial score (nSPS) is 26.6. The second kappa shape index (κ2) is 8.58. The van der Waals surface area contributed by atoms with Crippen LogP contribution in [0.5, 0.6) is 0 Å². The molecule has 2 aliphatic rings. The number of carbonyl (C=O) groups is 2. The van der Waals surface area contributed by atoms with E-state index in [1.54, 1.807) is 0 Å². The monoisotopic (exact) mass is 376 g/mol. The minimum Gasteiger partial charge on any atom is -0.353 e. The van der Waals surface area contributed by atoms with Crippen molar-refractivity contribution in [3.8, 4) is 12.3 Å². The topological polar surface area (TPSA) is 90.5 Å². The molecule has 3 heterocycles. The first-order valence-electron chi connectivity index (χ1n) is 8.80. The van der Waals surface area contributed by atoms with Crippen LogP contribution in [0, 0.1) is 12.3 Å². The van der Waals surface area contributed by atoms with E-state index in [9.17, 15) is 9.59 Å². The highest BCUT2D eigenvalue weighted by Crippen LogP contribution is 2.28. The van der Waals surface area contributed by atoms with E-state index in [1.165, 1.54) is 11.5 Å². The lowest BCUT2D eigenvalue weighted by atomic mass is 10.0. The number of aromatic nitrogens is 2. The van der Waals surface area contributed by atoms with Crippen molar-refractivity contribution < 1.29 is 9.59 Å². The van der Waals surface area contributed by atoms with Crippen molar-refractivity contribution in [3.63, 3.8) is 0 Å². The predicted molar refractivity (Wildman–Crippen MR) is 98.1 cm³/mol. The van der Waals surface area contributed by atoms with Crippen LogP contribution in [0.25, 0.3) is 0 Å². The maximum atomic E-state index is 12.7. The molecule has 3 atom stereocenters. The summed E-state index contributed by atoms with van der Waals surface area (Å²) in [5, 5.41) is 11.8. The zero-order valence-electron chi connectivity index (χ0n) is 14.9. The summed E-state index contributed by atoms with van der Waals surface area (Å²) in [7, 11) is 2.05. The number of hydrogen-bond donors (Lipinski definition) is 2. The fourth-order valence-electron chi connectivity index (χ4n) is 3.82. The van der Waals surface area contributed by atoms with Crippen molar-refractivity contribution >= 4 is 23.3 Å². The van der Waals surface area contributed by atoms with Crippen LogP contribution < -0.4 is 10.6 Å². The highest BCUT2D eigenvalue weighted by atomic mass is 32.1. The maximum Gasteiger partial charge on any atom is 0.239 e. The zero-order chi connectivity index (χ0) is 18.5. The second-order valence-electron chi connectivity index (χ2n) is 6.75. The average molecular weight is 376 g/mol. The van der Waals surface area contributed by atoms with Crippen molar-refractivity contribution in [2.75, 3.05) is 26.7 Å². The molecule has 140 valence electrons. The van der Waals surface area contributed by atoms with Crippen molar-refractivity contribution in [3.05, 3.63) is 11.1 Å². The lowest BCUT2D eigenvalue weighted by Crippen LogP contribution is -2.49. The van der Waals surface area contributed by atoms with Gasteiger partial charge < -0.3 is 10.6 Å². The molecule has 2 amide bonds. The molecular formula is C17H24N6O2S. The molecule has 0 aliphatic carbocycles. The third-order valence-electron chi connectivity index (χ3n) is 5.21. The number of terminal acetylenes is 1. The van der Waals surface area contributed by atoms with Gasteiger partial charge in [0.2, 0.25) is 11.8 Å². The van der Waals surface area contributed by atoms with E-state index in [-0.39, 0.29) is 36.5 Å². The number of carbonyl (C=O) groups excluding carboxylic acids is 2. The minimum absolute atomic E-state index is 0.0486. The summed E-state index contributed by atoms with van der Waals surface area (Å²) in [5.41, 5.74) is 0.900. The molecule has 8 nitrogen and oxygen atoms in total. The summed E-state index contributed by atoms with van der Waals surface area (Å²) >= 11 is 1.32. The molecule has 1 aromatic rings. The number of fused-ring (bicyclic) bond motifs is 1. The van der Waals surface area contributed by atoms with Crippen LogP contribution in [0.1, 0.15) is 25.0 Å². The molecule has 9 heteroatoms. The van der Waals surface area contributed by atoms with Gasteiger partial charge in [-0.05, 0) is 31.4 Å². The number of nitrogens with zero attached hydrogens (tertiary/aromatic N) is 4. The zero-order valence-corrected chi connectivity index (χ0v) is 15.7. The SMILES string of the molecule is C#CCNC(=O)CC[C@H]1CNC(=O)[C@@H]2[C@@H](CCN2Cc2csnn2)N1C. The van der Waals surface area contributed by atoms with E-state index in [0.717, 1.165) is 18.7 Å². The molecule has 0 radical (unpaired) electrons. The first kappa shape index (κ1) is 18.8. The Balaban J connectivity index is 1.62. The van der Waals surface area contributed by atoms with E-state index in [4.69, 9.17) is 6.42 Å². The van der Waals surface area contributed by atoms with Gasteiger partial charge in [0.15, 0.2) is 0 Å². The first-order valence-corrected chi connectivity index (χ1v) is 9.63. The van der Waals surface area contributed by atoms with Gasteiger partial charge in [0.05, 0.1) is 12.2 Å². The fraction of sp³-hybridized carbons (Fsp3) is 0.647. The summed E-state index contributed by atoms with van der Waals surface area (Å²) in [6.07, 6.45) is 7.17. The summed E-state index contributed by atoms with van der Waals surface area (Å²) in [4.78, 5) is 29.0. The molecule has 1 aromatic heterocycles. The van der Waals surface area contributed by atoms with Crippen molar-refractivity contribution in [1.29, 1.82) is 0 Å². The largest absolute Gasteiger partial charge is 0.353 e. The number of likely N-dealkylation sites (tertiary alicyclic amines) is 1. The van der Waals surface area contributed by atoms with Gasteiger partial charge in [0, 0.05) is 43.5 Å². The van der Waals surface area contributed by atoms with Gasteiger partial charge in [0.1, 0.15) is 6.04 Å². The van der Waals surface area contributed by atoms with Gasteiger partial charge in [-0.15, -0.1) is 11.5 Å². The van der Waals surface area contributed by atoms with Gasteiger partial charge in [-0.2, -0.15) is 0 Å². The van der Waals surface area contributed by atoms with Gasteiger partial charge in [-0.25, -0.2) is 0 Å². The molecule has 2 fully saturated rings. The lowest BCUT2D eigenvalue weighted by Gasteiger charge is -2.32. The molecule has 0 spiro atoms. The number of rotatable bonds is 6. The van der Waals surface area contributed by atoms with Crippen molar-refractivity contribution in [1.82, 2.24) is 30.0 Å². The second-order valence-corrected chi connectivity index (χ2v) is 7.36. The standard InChI is InChI=1S/C17H24N6O2S/c1-3-7-18-15(24)5-4-13-9-19-17(25)16-14(22(13)2)6-8-23(16)10-12-11-26-21-20-12/h1,11,13-14,16H,4-10H2,2H3,(H,18,24)(H,19,25)/t13-,14+,16-/m0/s1. The Hall–Kier alpha value is -2.02. The molecule has 2 N–H and O–H groups in total. The highest BCUT2D eigenvalue weighted by molar-refractivity contribution is 7.03. The minimum atomic E-state index is -0.193. The summed E-state index contributed by atoms with van der Waals surface area (Å²) in [6.45, 7) is 2.29. The Morgan fingerprint density at radius 1 is 1.58 bits per heavy atom. The molecule has 0 unspecified atom stereocenters. The molecule has 2 aliphatic heterocycles. The Bertz CT molecular complexity index is 673. The van der Waals surface area contributed by atoms with E-state index in [0.29, 0.717) is 25.9 Å². The van der Waals surface area contributed by atoms with Crippen molar-refractivity contribution in [2.45, 2.75) is 43.9 Å². The molecule has 0 bridgehead atoms. The van der Waals surface area contributed by atoms with Gasteiger partial charge in [0.25, 0.3) is 0 Å². The maximum absolute atomic E-state index is 12.7. The van der Waals surface area contributed by atoms with Crippen LogP contribution in [0.3, 0.4) is 0 Å². The van der Waals surface area contributed by atoms with Crippen LogP contribution in [0.2, 0.25) is 0 Å². The van der Waals surface area contributed by atoms with E-state index < -0.39 is 0 Å². The summed E-state index contributed by atoms with van der Waals surface area (Å²) in [6, 6.07) is 0.0799. The third kappa shape index (κ3) is 4.20. The number of hydrogen-bond acceptors (Lipinski definition) is 7. The molecule has 0 saturated carbocycles. The third-order valence-corrected chi connectivity index (χ3v) is 5.77. The van der Waals surface area contributed by atoms with Gasteiger partial charge in [-0.1, -0.05) is 10.4 Å². The predicted octanol–water partition coefficient (Wildman–Crippen LogP) is -0.559. The quantitative estimate of drug-likeness (QED) is 0.647. The first-order chi connectivity index (χ1) is 12.6. The van der Waals surface area contributed by atoms with Crippen molar-refractivity contribution in [2.24, 2.45) is 0 Å². The molecule has 0 aromatic carbocycles. The summed E-state index contributed by atoms with van der Waals surface area (Å²) in [5.74, 6) is 2.41. The van der Waals surface area contributed by atoms with E-state index in [1.807, 2.05) is 5.38 Å². The number of likely N-dealkylation sites (N-methyl/N-ethyl adjacent to an activating group) is 1. The average Bonchev–Trinajstić information content (AvgIpc) is 3.27. The van der Waals surface area contributed by atoms with Gasteiger partial charge >= 0.3 is 0 Å².